The van der Waals surface area contributed by atoms with Gasteiger partial charge in [-0.1, -0.05) is 17.8 Å². The number of rotatable bonds is 5. The summed E-state index contributed by atoms with van der Waals surface area (Å²) < 4.78 is 8.01. The van der Waals surface area contributed by atoms with Gasteiger partial charge in [0.05, 0.1) is 10.1 Å². The number of thioether (sulfide) groups is 1. The number of hydrogen-bond acceptors (Lipinski definition) is 7. The fourth-order valence-electron chi connectivity index (χ4n) is 2.29. The van der Waals surface area contributed by atoms with Crippen LogP contribution in [-0.4, -0.2) is 25.0 Å². The first-order valence-corrected chi connectivity index (χ1v) is 8.93. The fraction of sp³-hybridized carbons (Fsp3) is 0.429. The second-order valence-corrected chi connectivity index (χ2v) is 7.57. The van der Waals surface area contributed by atoms with Crippen molar-refractivity contribution in [3.8, 4) is 10.8 Å². The van der Waals surface area contributed by atoms with Crippen molar-refractivity contribution < 1.29 is 4.42 Å². The smallest absolute Gasteiger partial charge is 0.257 e. The molecule has 0 aromatic carbocycles. The van der Waals surface area contributed by atoms with Gasteiger partial charge in [-0.25, -0.2) is 0 Å². The molecule has 1 aliphatic carbocycles. The maximum Gasteiger partial charge on any atom is 0.257 e. The molecule has 0 spiro atoms. The molecule has 0 aliphatic heterocycles. The minimum Gasteiger partial charge on any atom is -0.419 e. The van der Waals surface area contributed by atoms with Crippen LogP contribution in [0.4, 0.5) is 0 Å². The molecule has 3 aromatic rings. The summed E-state index contributed by atoms with van der Waals surface area (Å²) in [7, 11) is 0. The summed E-state index contributed by atoms with van der Waals surface area (Å²) in [6.07, 6.45) is 2.42. The highest BCUT2D eigenvalue weighted by Crippen LogP contribution is 2.42. The maximum absolute atomic E-state index is 5.79. The molecule has 114 valence electrons. The Morgan fingerprint density at radius 1 is 1.32 bits per heavy atom. The zero-order chi connectivity index (χ0) is 15.1. The number of aryl methyl sites for hydroxylation is 1. The third-order valence-electron chi connectivity index (χ3n) is 3.55. The van der Waals surface area contributed by atoms with Crippen LogP contribution in [0.1, 0.15) is 42.8 Å². The molecule has 6 nitrogen and oxygen atoms in total. The lowest BCUT2D eigenvalue weighted by Gasteiger charge is -2.08. The van der Waals surface area contributed by atoms with E-state index < -0.39 is 0 Å². The van der Waals surface area contributed by atoms with Crippen molar-refractivity contribution in [1.29, 1.82) is 0 Å². The Labute approximate surface area is 136 Å². The molecule has 3 aromatic heterocycles. The van der Waals surface area contributed by atoms with Gasteiger partial charge in [-0.2, -0.15) is 0 Å². The summed E-state index contributed by atoms with van der Waals surface area (Å²) in [5.74, 6) is 2.18. The molecule has 0 unspecified atom stereocenters. The van der Waals surface area contributed by atoms with Crippen LogP contribution in [0.5, 0.6) is 0 Å². The van der Waals surface area contributed by atoms with Gasteiger partial charge in [-0.05, 0) is 38.1 Å². The predicted octanol–water partition coefficient (Wildman–Crippen LogP) is 3.89. The van der Waals surface area contributed by atoms with Gasteiger partial charge < -0.3 is 8.98 Å². The number of nitrogens with zero attached hydrogens (tertiary/aromatic N) is 5. The van der Waals surface area contributed by atoms with E-state index in [4.69, 9.17) is 4.42 Å². The van der Waals surface area contributed by atoms with Crippen LogP contribution in [0.3, 0.4) is 0 Å². The van der Waals surface area contributed by atoms with Crippen LogP contribution in [0.2, 0.25) is 0 Å². The Balaban J connectivity index is 1.54. The summed E-state index contributed by atoms with van der Waals surface area (Å²) in [6, 6.07) is 4.52. The Kier molecular flexibility index (Phi) is 3.50. The molecule has 0 amide bonds. The molecule has 1 aliphatic rings. The Morgan fingerprint density at radius 2 is 2.18 bits per heavy atom. The molecule has 22 heavy (non-hydrogen) atoms. The van der Waals surface area contributed by atoms with Crippen molar-refractivity contribution in [3.05, 3.63) is 29.2 Å². The van der Waals surface area contributed by atoms with Gasteiger partial charge in [-0.15, -0.1) is 31.7 Å². The van der Waals surface area contributed by atoms with E-state index in [1.165, 1.54) is 12.8 Å². The molecule has 0 radical (unpaired) electrons. The molecule has 0 saturated heterocycles. The van der Waals surface area contributed by atoms with Crippen molar-refractivity contribution >= 4 is 23.1 Å². The minimum absolute atomic E-state index is 0.0438. The van der Waals surface area contributed by atoms with Gasteiger partial charge >= 0.3 is 0 Å². The zero-order valence-electron chi connectivity index (χ0n) is 12.3. The van der Waals surface area contributed by atoms with Crippen LogP contribution in [0.15, 0.2) is 27.1 Å². The second-order valence-electron chi connectivity index (χ2n) is 5.31. The molecular formula is C14H15N5OS2. The summed E-state index contributed by atoms with van der Waals surface area (Å²) in [5.41, 5.74) is 0. The van der Waals surface area contributed by atoms with E-state index in [1.54, 1.807) is 23.1 Å². The molecule has 3 heterocycles. The van der Waals surface area contributed by atoms with Crippen LogP contribution >= 0.6 is 23.1 Å². The van der Waals surface area contributed by atoms with E-state index in [2.05, 4.69) is 31.9 Å². The van der Waals surface area contributed by atoms with Gasteiger partial charge in [0.25, 0.3) is 5.89 Å². The molecule has 1 atom stereocenters. The van der Waals surface area contributed by atoms with Gasteiger partial charge in [-0.3, -0.25) is 0 Å². The third-order valence-corrected chi connectivity index (χ3v) is 5.45. The standard InChI is InChI=1S/C14H15N5OS2/c1-8(12-16-17-13(20-12)11-4-3-7-21-11)22-14-18-15-9(2)19(14)10-5-6-10/h3-4,7-8,10H,5-6H2,1-2H3/t8-/m0/s1. The largest absolute Gasteiger partial charge is 0.419 e. The molecule has 8 heteroatoms. The first kappa shape index (κ1) is 14.0. The summed E-state index contributed by atoms with van der Waals surface area (Å²) in [6.45, 7) is 4.05. The van der Waals surface area contributed by atoms with Crippen molar-refractivity contribution in [2.45, 2.75) is 43.1 Å². The SMILES string of the molecule is Cc1nnc(S[C@@H](C)c2nnc(-c3cccs3)o2)n1C1CC1. The highest BCUT2D eigenvalue weighted by molar-refractivity contribution is 7.99. The van der Waals surface area contributed by atoms with Gasteiger partial charge in [0, 0.05) is 6.04 Å². The van der Waals surface area contributed by atoms with Crippen LogP contribution in [-0.2, 0) is 0 Å². The molecule has 0 bridgehead atoms. The molecular weight excluding hydrogens is 318 g/mol. The van der Waals surface area contributed by atoms with Crippen molar-refractivity contribution in [2.75, 3.05) is 0 Å². The van der Waals surface area contributed by atoms with Gasteiger partial charge in [0.15, 0.2) is 5.16 Å². The van der Waals surface area contributed by atoms with E-state index in [9.17, 15) is 0 Å². The fourth-order valence-corrected chi connectivity index (χ4v) is 3.93. The third kappa shape index (κ3) is 2.56. The van der Waals surface area contributed by atoms with E-state index in [1.807, 2.05) is 24.4 Å². The van der Waals surface area contributed by atoms with Crippen LogP contribution in [0, 0.1) is 6.92 Å². The minimum atomic E-state index is 0.0438. The molecule has 0 N–H and O–H groups in total. The maximum atomic E-state index is 5.79. The quantitative estimate of drug-likeness (QED) is 0.660. The zero-order valence-corrected chi connectivity index (χ0v) is 13.9. The summed E-state index contributed by atoms with van der Waals surface area (Å²) >= 11 is 3.21. The molecule has 1 fully saturated rings. The van der Waals surface area contributed by atoms with Crippen LogP contribution in [0.25, 0.3) is 10.8 Å². The number of hydrogen-bond donors (Lipinski definition) is 0. The van der Waals surface area contributed by atoms with Crippen LogP contribution < -0.4 is 0 Å². The van der Waals surface area contributed by atoms with Crippen molar-refractivity contribution in [1.82, 2.24) is 25.0 Å². The Morgan fingerprint density at radius 3 is 2.91 bits per heavy atom. The normalized spacial score (nSPS) is 16.1. The van der Waals surface area contributed by atoms with Gasteiger partial charge in [0.2, 0.25) is 5.89 Å². The highest BCUT2D eigenvalue weighted by Gasteiger charge is 2.29. The monoisotopic (exact) mass is 333 g/mol. The summed E-state index contributed by atoms with van der Waals surface area (Å²) in [5, 5.41) is 19.8. The van der Waals surface area contributed by atoms with E-state index in [-0.39, 0.29) is 5.25 Å². The average Bonchev–Trinajstić information content (AvgIpc) is 2.97. The first-order chi connectivity index (χ1) is 10.7. The lowest BCUT2D eigenvalue weighted by atomic mass is 10.5. The highest BCUT2D eigenvalue weighted by atomic mass is 32.2. The van der Waals surface area contributed by atoms with Crippen molar-refractivity contribution in [3.63, 3.8) is 0 Å². The lowest BCUT2D eigenvalue weighted by Crippen LogP contribution is -2.00. The van der Waals surface area contributed by atoms with Crippen molar-refractivity contribution in [2.24, 2.45) is 0 Å². The predicted molar refractivity (Wildman–Crippen MR) is 84.9 cm³/mol. The van der Waals surface area contributed by atoms with E-state index >= 15 is 0 Å². The van der Waals surface area contributed by atoms with E-state index in [0.29, 0.717) is 17.8 Å². The topological polar surface area (TPSA) is 69.6 Å². The Hall–Kier alpha value is -1.67. The first-order valence-electron chi connectivity index (χ1n) is 7.18. The lowest BCUT2D eigenvalue weighted by molar-refractivity contribution is 0.509. The van der Waals surface area contributed by atoms with Gasteiger partial charge in [0.1, 0.15) is 5.82 Å². The summed E-state index contributed by atoms with van der Waals surface area (Å²) in [4.78, 5) is 0.993. The molecule has 4 rings (SSSR count). The number of thiophene rings is 1. The Bertz CT molecular complexity index is 775. The molecule has 1 saturated carbocycles. The number of aromatic nitrogens is 5. The second kappa shape index (κ2) is 5.51. The van der Waals surface area contributed by atoms with E-state index in [0.717, 1.165) is 15.9 Å². The average molecular weight is 333 g/mol.